The monoisotopic (exact) mass is 437 g/mol. The van der Waals surface area contributed by atoms with Gasteiger partial charge in [0.2, 0.25) is 0 Å². The van der Waals surface area contributed by atoms with Crippen LogP contribution in [0.15, 0.2) is 24.3 Å². The number of benzene rings is 1. The number of nitrogens with one attached hydrogen (secondary N) is 2. The molecule has 2 aromatic rings. The summed E-state index contributed by atoms with van der Waals surface area (Å²) in [5, 5.41) is 1.82. The van der Waals surface area contributed by atoms with Crippen LogP contribution in [-0.4, -0.2) is 53.2 Å². The number of rotatable bonds is 8. The zero-order chi connectivity index (χ0) is 23.5. The highest BCUT2D eigenvalue weighted by Crippen LogP contribution is 2.21. The molecule has 1 amide bonds. The lowest BCUT2D eigenvalue weighted by molar-refractivity contribution is -0.123. The molecule has 0 aliphatic rings. The van der Waals surface area contributed by atoms with Crippen LogP contribution >= 0.6 is 0 Å². The highest BCUT2D eigenvalue weighted by atomic mass is 19.4. The normalized spacial score (nSPS) is 12.7. The number of carbonyl (C=O) groups excluding carboxylic acids is 3. The first kappa shape index (κ1) is 24.3. The van der Waals surface area contributed by atoms with Crippen LogP contribution < -0.4 is 5.32 Å². The van der Waals surface area contributed by atoms with E-state index >= 15 is 0 Å². The SMILES string of the molecule is CC(=O)c1c(C)[nH]c(C(=O)C(C)N(C)Cc2ccc(C(=O)NCC(F)(F)F)cc2)c1C. The standard InChI is InChI=1S/C22H26F3N3O3/c1-12-18(15(4)29)13(2)27-19(12)20(30)14(3)28(5)10-16-6-8-17(9-7-16)21(31)26-11-22(23,24)25/h6-9,14,27H,10-11H2,1-5H3,(H,26,31). The number of alkyl halides is 3. The minimum absolute atomic E-state index is 0.106. The van der Waals surface area contributed by atoms with E-state index in [2.05, 4.69) is 4.98 Å². The van der Waals surface area contributed by atoms with Gasteiger partial charge in [-0.05, 0) is 58.0 Å². The minimum atomic E-state index is -4.47. The summed E-state index contributed by atoms with van der Waals surface area (Å²) in [6, 6.07) is 5.66. The fourth-order valence-electron chi connectivity index (χ4n) is 3.40. The van der Waals surface area contributed by atoms with Crippen LogP contribution in [0.1, 0.15) is 61.9 Å². The van der Waals surface area contributed by atoms with Crippen molar-refractivity contribution in [2.75, 3.05) is 13.6 Å². The molecule has 1 atom stereocenters. The van der Waals surface area contributed by atoms with E-state index in [1.165, 1.54) is 19.1 Å². The zero-order valence-electron chi connectivity index (χ0n) is 18.1. The van der Waals surface area contributed by atoms with Crippen LogP contribution in [0.2, 0.25) is 0 Å². The molecule has 0 aliphatic heterocycles. The number of Topliss-reactive ketones (excluding diaryl/α,β-unsaturated/α-hetero) is 2. The van der Waals surface area contributed by atoms with E-state index in [4.69, 9.17) is 0 Å². The lowest BCUT2D eigenvalue weighted by atomic mass is 10.0. The van der Waals surface area contributed by atoms with Crippen LogP contribution in [0.3, 0.4) is 0 Å². The number of hydrogen-bond donors (Lipinski definition) is 2. The molecule has 31 heavy (non-hydrogen) atoms. The van der Waals surface area contributed by atoms with Crippen LogP contribution in [0.25, 0.3) is 0 Å². The predicted molar refractivity (Wildman–Crippen MR) is 110 cm³/mol. The maximum atomic E-state index is 13.0. The number of aryl methyl sites for hydroxylation is 1. The Morgan fingerprint density at radius 3 is 2.19 bits per heavy atom. The Bertz CT molecular complexity index is 978. The van der Waals surface area contributed by atoms with E-state index in [1.54, 1.807) is 40.0 Å². The van der Waals surface area contributed by atoms with Crippen LogP contribution in [0.5, 0.6) is 0 Å². The average Bonchev–Trinajstić information content (AvgIpc) is 2.99. The van der Waals surface area contributed by atoms with Crippen molar-refractivity contribution >= 4 is 17.5 Å². The summed E-state index contributed by atoms with van der Waals surface area (Å²) in [5.41, 5.74) is 3.12. The largest absolute Gasteiger partial charge is 0.405 e. The van der Waals surface area contributed by atoms with Gasteiger partial charge in [-0.15, -0.1) is 0 Å². The molecule has 2 N–H and O–H groups in total. The number of nitrogens with zero attached hydrogens (tertiary/aromatic N) is 1. The lowest BCUT2D eigenvalue weighted by Gasteiger charge is -2.23. The number of aromatic amines is 1. The maximum absolute atomic E-state index is 13.0. The van der Waals surface area contributed by atoms with Gasteiger partial charge in [0.25, 0.3) is 5.91 Å². The van der Waals surface area contributed by atoms with Gasteiger partial charge < -0.3 is 10.3 Å². The number of ketones is 2. The number of halogens is 3. The van der Waals surface area contributed by atoms with Gasteiger partial charge in [0.1, 0.15) is 6.54 Å². The first-order valence-electron chi connectivity index (χ1n) is 9.70. The second-order valence-corrected chi connectivity index (χ2v) is 7.63. The van der Waals surface area contributed by atoms with Crippen LogP contribution in [0, 0.1) is 13.8 Å². The van der Waals surface area contributed by atoms with Gasteiger partial charge >= 0.3 is 6.18 Å². The van der Waals surface area contributed by atoms with Gasteiger partial charge in [0, 0.05) is 23.4 Å². The number of H-pyrrole nitrogens is 1. The summed E-state index contributed by atoms with van der Waals surface area (Å²) in [4.78, 5) is 41.4. The Balaban J connectivity index is 2.05. The van der Waals surface area contributed by atoms with Crippen molar-refractivity contribution in [1.82, 2.24) is 15.2 Å². The van der Waals surface area contributed by atoms with E-state index < -0.39 is 24.7 Å². The molecule has 0 bridgehead atoms. The smallest absolute Gasteiger partial charge is 0.355 e. The Hall–Kier alpha value is -2.94. The second kappa shape index (κ2) is 9.47. The van der Waals surface area contributed by atoms with Gasteiger partial charge in [0.05, 0.1) is 11.7 Å². The predicted octanol–water partition coefficient (Wildman–Crippen LogP) is 3.83. The minimum Gasteiger partial charge on any atom is -0.355 e. The molecule has 0 saturated carbocycles. The van der Waals surface area contributed by atoms with Crippen molar-refractivity contribution in [3.05, 3.63) is 57.9 Å². The van der Waals surface area contributed by atoms with Crippen LogP contribution in [0.4, 0.5) is 13.2 Å². The number of hydrogen-bond acceptors (Lipinski definition) is 4. The summed E-state index contributed by atoms with van der Waals surface area (Å²) in [7, 11) is 1.77. The third-order valence-corrected chi connectivity index (χ3v) is 5.17. The Morgan fingerprint density at radius 2 is 1.71 bits per heavy atom. The molecule has 0 aliphatic carbocycles. The lowest BCUT2D eigenvalue weighted by Crippen LogP contribution is -2.36. The van der Waals surface area contributed by atoms with Gasteiger partial charge in [-0.1, -0.05) is 12.1 Å². The van der Waals surface area contributed by atoms with E-state index in [0.717, 1.165) is 5.56 Å². The molecule has 2 rings (SSSR count). The van der Waals surface area contributed by atoms with E-state index in [0.29, 0.717) is 29.1 Å². The van der Waals surface area contributed by atoms with Crippen molar-refractivity contribution in [3.8, 4) is 0 Å². The molecule has 0 spiro atoms. The number of carbonyl (C=O) groups is 3. The third kappa shape index (κ3) is 6.04. The second-order valence-electron chi connectivity index (χ2n) is 7.63. The molecular weight excluding hydrogens is 411 g/mol. The van der Waals surface area contributed by atoms with Crippen molar-refractivity contribution < 1.29 is 27.6 Å². The molecular formula is C22H26F3N3O3. The third-order valence-electron chi connectivity index (χ3n) is 5.17. The summed E-state index contributed by atoms with van der Waals surface area (Å²) in [6.45, 7) is 5.70. The molecule has 0 fully saturated rings. The van der Waals surface area contributed by atoms with E-state index in [9.17, 15) is 27.6 Å². The molecule has 9 heteroatoms. The number of likely N-dealkylation sites (N-methyl/N-ethyl adjacent to an activating group) is 1. The first-order valence-corrected chi connectivity index (χ1v) is 9.70. The summed E-state index contributed by atoms with van der Waals surface area (Å²) in [6.07, 6.45) is -4.47. The molecule has 1 unspecified atom stereocenters. The fraction of sp³-hybridized carbons (Fsp3) is 0.409. The number of aromatic nitrogens is 1. The highest BCUT2D eigenvalue weighted by molar-refractivity contribution is 6.05. The van der Waals surface area contributed by atoms with Crippen molar-refractivity contribution in [1.29, 1.82) is 0 Å². The number of amides is 1. The maximum Gasteiger partial charge on any atom is 0.405 e. The molecule has 6 nitrogen and oxygen atoms in total. The first-order chi connectivity index (χ1) is 14.3. The fourth-order valence-corrected chi connectivity index (χ4v) is 3.40. The average molecular weight is 437 g/mol. The zero-order valence-corrected chi connectivity index (χ0v) is 18.1. The van der Waals surface area contributed by atoms with Crippen molar-refractivity contribution in [3.63, 3.8) is 0 Å². The summed E-state index contributed by atoms with van der Waals surface area (Å²) >= 11 is 0. The molecule has 0 saturated heterocycles. The van der Waals surface area contributed by atoms with Crippen molar-refractivity contribution in [2.24, 2.45) is 0 Å². The van der Waals surface area contributed by atoms with Gasteiger partial charge in [-0.25, -0.2) is 0 Å². The quantitative estimate of drug-likeness (QED) is 0.615. The topological polar surface area (TPSA) is 82.3 Å². The van der Waals surface area contributed by atoms with E-state index in [1.807, 2.05) is 10.2 Å². The molecule has 168 valence electrons. The van der Waals surface area contributed by atoms with E-state index in [-0.39, 0.29) is 17.1 Å². The Morgan fingerprint density at radius 1 is 1.13 bits per heavy atom. The van der Waals surface area contributed by atoms with Gasteiger partial charge in [-0.3, -0.25) is 19.3 Å². The molecule has 1 aromatic carbocycles. The molecule has 0 radical (unpaired) electrons. The summed E-state index contributed by atoms with van der Waals surface area (Å²) in [5.74, 6) is -1.07. The molecule has 1 heterocycles. The van der Waals surface area contributed by atoms with Gasteiger partial charge in [0.15, 0.2) is 11.6 Å². The van der Waals surface area contributed by atoms with Crippen LogP contribution in [-0.2, 0) is 6.54 Å². The summed E-state index contributed by atoms with van der Waals surface area (Å²) < 4.78 is 36.7. The Kier molecular flexibility index (Phi) is 7.43. The Labute approximate surface area is 178 Å². The molecule has 1 aromatic heterocycles. The van der Waals surface area contributed by atoms with Crippen molar-refractivity contribution in [2.45, 2.75) is 46.5 Å². The highest BCUT2D eigenvalue weighted by Gasteiger charge is 2.28. The van der Waals surface area contributed by atoms with Gasteiger partial charge in [-0.2, -0.15) is 13.2 Å².